The van der Waals surface area contributed by atoms with Crippen LogP contribution in [0.5, 0.6) is 5.75 Å². The summed E-state index contributed by atoms with van der Waals surface area (Å²) < 4.78 is 5.19. The Morgan fingerprint density at radius 3 is 2.67 bits per heavy atom. The zero-order chi connectivity index (χ0) is 11.5. The quantitative estimate of drug-likeness (QED) is 0.586. The number of benzene rings is 1. The zero-order valence-corrected chi connectivity index (χ0v) is 9.63. The molecule has 0 unspecified atom stereocenters. The summed E-state index contributed by atoms with van der Waals surface area (Å²) in [6.07, 6.45) is 1.55. The molecule has 80 valence electrons. The first-order valence-corrected chi connectivity index (χ1v) is 4.82. The molecular formula is C11H12ClNO2. The summed E-state index contributed by atoms with van der Waals surface area (Å²) in [4.78, 5) is 14.0. The number of hydrogen-bond acceptors (Lipinski definition) is 3. The number of halogens is 1. The second kappa shape index (κ2) is 4.47. The van der Waals surface area contributed by atoms with E-state index >= 15 is 0 Å². The Bertz CT molecular complexity index is 409. The maximum absolute atomic E-state index is 10.3. The van der Waals surface area contributed by atoms with Gasteiger partial charge in [-0.25, -0.2) is 4.79 Å². The van der Waals surface area contributed by atoms with Gasteiger partial charge in [-0.1, -0.05) is 23.7 Å². The van der Waals surface area contributed by atoms with E-state index in [4.69, 9.17) is 16.3 Å². The van der Waals surface area contributed by atoms with E-state index in [0.717, 1.165) is 5.56 Å². The van der Waals surface area contributed by atoms with Gasteiger partial charge in [0.05, 0.1) is 17.7 Å². The minimum Gasteiger partial charge on any atom is -0.495 e. The number of isocyanates is 1. The Kier molecular flexibility index (Phi) is 3.51. The summed E-state index contributed by atoms with van der Waals surface area (Å²) in [7, 11) is 1.53. The van der Waals surface area contributed by atoms with Crippen LogP contribution >= 0.6 is 11.6 Å². The van der Waals surface area contributed by atoms with E-state index in [1.54, 1.807) is 32.1 Å². The van der Waals surface area contributed by atoms with Gasteiger partial charge in [-0.15, -0.1) is 0 Å². The molecule has 3 nitrogen and oxygen atoms in total. The number of hydrogen-bond donors (Lipinski definition) is 0. The number of aliphatic imine (C=N–C) groups is 1. The molecule has 1 aromatic carbocycles. The van der Waals surface area contributed by atoms with E-state index in [1.807, 2.05) is 6.07 Å². The largest absolute Gasteiger partial charge is 0.495 e. The number of rotatable bonds is 3. The zero-order valence-electron chi connectivity index (χ0n) is 8.87. The van der Waals surface area contributed by atoms with Gasteiger partial charge in [-0.3, -0.25) is 0 Å². The summed E-state index contributed by atoms with van der Waals surface area (Å²) in [6, 6.07) is 5.35. The van der Waals surface area contributed by atoms with Gasteiger partial charge in [0.1, 0.15) is 5.75 Å². The van der Waals surface area contributed by atoms with Gasteiger partial charge >= 0.3 is 0 Å². The summed E-state index contributed by atoms with van der Waals surface area (Å²) in [5.74, 6) is 0.545. The van der Waals surface area contributed by atoms with Crippen LogP contribution in [0.4, 0.5) is 0 Å². The lowest BCUT2D eigenvalue weighted by Crippen LogP contribution is -2.15. The molecule has 0 radical (unpaired) electrons. The predicted molar refractivity (Wildman–Crippen MR) is 59.2 cm³/mol. The van der Waals surface area contributed by atoms with E-state index in [2.05, 4.69) is 4.99 Å². The number of methoxy groups -OCH3 is 1. The molecule has 4 heteroatoms. The van der Waals surface area contributed by atoms with E-state index < -0.39 is 5.54 Å². The fourth-order valence-corrected chi connectivity index (χ4v) is 1.62. The van der Waals surface area contributed by atoms with Crippen molar-refractivity contribution in [2.45, 2.75) is 19.4 Å². The molecule has 0 aliphatic carbocycles. The van der Waals surface area contributed by atoms with Crippen LogP contribution in [0.2, 0.25) is 5.02 Å². The first kappa shape index (κ1) is 11.8. The minimum atomic E-state index is -0.683. The molecule has 0 spiro atoms. The Hall–Kier alpha value is -1.31. The third kappa shape index (κ3) is 2.38. The average Bonchev–Trinajstić information content (AvgIpc) is 2.17. The van der Waals surface area contributed by atoms with Gasteiger partial charge in [0, 0.05) is 5.56 Å². The second-order valence-electron chi connectivity index (χ2n) is 3.58. The van der Waals surface area contributed by atoms with Gasteiger partial charge in [0.2, 0.25) is 6.08 Å². The van der Waals surface area contributed by atoms with Crippen LogP contribution in [0.3, 0.4) is 0 Å². The first-order chi connectivity index (χ1) is 7.03. The molecule has 0 saturated carbocycles. The Morgan fingerprint density at radius 1 is 1.47 bits per heavy atom. The van der Waals surface area contributed by atoms with Gasteiger partial charge in [0.15, 0.2) is 0 Å². The van der Waals surface area contributed by atoms with Gasteiger partial charge < -0.3 is 4.74 Å². The lowest BCUT2D eigenvalue weighted by molar-refractivity contribution is 0.394. The summed E-state index contributed by atoms with van der Waals surface area (Å²) in [6.45, 7) is 3.60. The highest BCUT2D eigenvalue weighted by Gasteiger charge is 2.24. The topological polar surface area (TPSA) is 38.7 Å². The molecule has 1 aromatic rings. The van der Waals surface area contributed by atoms with Gasteiger partial charge in [-0.05, 0) is 19.9 Å². The maximum Gasteiger partial charge on any atom is 0.235 e. The fourth-order valence-electron chi connectivity index (χ4n) is 1.37. The molecule has 0 heterocycles. The van der Waals surface area contributed by atoms with Crippen molar-refractivity contribution in [2.75, 3.05) is 7.11 Å². The number of para-hydroxylation sites is 1. The van der Waals surface area contributed by atoms with Crippen LogP contribution in [0.25, 0.3) is 0 Å². The van der Waals surface area contributed by atoms with Crippen LogP contribution in [0.1, 0.15) is 19.4 Å². The molecular weight excluding hydrogens is 214 g/mol. The summed E-state index contributed by atoms with van der Waals surface area (Å²) >= 11 is 5.97. The van der Waals surface area contributed by atoms with E-state index in [0.29, 0.717) is 10.8 Å². The van der Waals surface area contributed by atoms with Crippen LogP contribution in [-0.4, -0.2) is 13.2 Å². The Balaban J connectivity index is 3.36. The molecule has 0 fully saturated rings. The molecule has 1 rings (SSSR count). The molecule has 0 saturated heterocycles. The third-order valence-electron chi connectivity index (χ3n) is 2.16. The van der Waals surface area contributed by atoms with Crippen molar-refractivity contribution in [3.63, 3.8) is 0 Å². The predicted octanol–water partition coefficient (Wildman–Crippen LogP) is 2.92. The normalized spacial score (nSPS) is 10.7. The molecule has 0 bridgehead atoms. The van der Waals surface area contributed by atoms with Crippen LogP contribution in [0, 0.1) is 0 Å². The molecule has 0 aliphatic rings. The Labute approximate surface area is 93.7 Å². The molecule has 0 aromatic heterocycles. The van der Waals surface area contributed by atoms with Crippen molar-refractivity contribution < 1.29 is 9.53 Å². The van der Waals surface area contributed by atoms with E-state index in [9.17, 15) is 4.79 Å². The van der Waals surface area contributed by atoms with Gasteiger partial charge in [-0.2, -0.15) is 4.99 Å². The summed E-state index contributed by atoms with van der Waals surface area (Å²) in [5, 5.41) is 0.504. The van der Waals surface area contributed by atoms with Gasteiger partial charge in [0.25, 0.3) is 0 Å². The fraction of sp³-hybridized carbons (Fsp3) is 0.364. The highest BCUT2D eigenvalue weighted by atomic mass is 35.5. The lowest BCUT2D eigenvalue weighted by Gasteiger charge is -2.21. The number of carbonyl (C=O) groups excluding carboxylic acids is 1. The molecule has 15 heavy (non-hydrogen) atoms. The first-order valence-electron chi connectivity index (χ1n) is 4.45. The second-order valence-corrected chi connectivity index (χ2v) is 3.99. The molecule has 0 aliphatic heterocycles. The monoisotopic (exact) mass is 225 g/mol. The maximum atomic E-state index is 10.3. The molecule has 0 amide bonds. The van der Waals surface area contributed by atoms with Crippen LogP contribution in [-0.2, 0) is 10.3 Å². The van der Waals surface area contributed by atoms with Crippen molar-refractivity contribution in [1.82, 2.24) is 0 Å². The lowest BCUT2D eigenvalue weighted by atomic mass is 9.94. The highest BCUT2D eigenvalue weighted by molar-refractivity contribution is 6.32. The highest BCUT2D eigenvalue weighted by Crippen LogP contribution is 2.37. The molecule has 0 N–H and O–H groups in total. The standard InChI is InChI=1S/C11H12ClNO2/c1-11(2,13-7-14)8-5-4-6-9(12)10(8)15-3/h4-6H,1-3H3. The van der Waals surface area contributed by atoms with E-state index in [1.165, 1.54) is 7.11 Å². The summed E-state index contributed by atoms with van der Waals surface area (Å²) in [5.41, 5.74) is 0.0821. The Morgan fingerprint density at radius 2 is 2.13 bits per heavy atom. The minimum absolute atomic E-state index is 0.504. The molecule has 0 atom stereocenters. The SMILES string of the molecule is COc1c(Cl)cccc1C(C)(C)N=C=O. The van der Waals surface area contributed by atoms with Crippen molar-refractivity contribution in [3.05, 3.63) is 28.8 Å². The van der Waals surface area contributed by atoms with Crippen LogP contribution in [0.15, 0.2) is 23.2 Å². The van der Waals surface area contributed by atoms with E-state index in [-0.39, 0.29) is 0 Å². The third-order valence-corrected chi connectivity index (χ3v) is 2.45. The van der Waals surface area contributed by atoms with Crippen molar-refractivity contribution in [3.8, 4) is 5.75 Å². The number of nitrogens with zero attached hydrogens (tertiary/aromatic N) is 1. The van der Waals surface area contributed by atoms with Crippen molar-refractivity contribution in [2.24, 2.45) is 4.99 Å². The smallest absolute Gasteiger partial charge is 0.235 e. The van der Waals surface area contributed by atoms with Crippen molar-refractivity contribution in [1.29, 1.82) is 0 Å². The average molecular weight is 226 g/mol. The van der Waals surface area contributed by atoms with Crippen LogP contribution < -0.4 is 4.74 Å². The number of ether oxygens (including phenoxy) is 1. The van der Waals surface area contributed by atoms with Crippen molar-refractivity contribution >= 4 is 17.7 Å².